The largest absolute Gasteiger partial charge is 0.423 e. The quantitative estimate of drug-likeness (QED) is 0.162. The highest BCUT2D eigenvalue weighted by Gasteiger charge is 2.27. The third-order valence-electron chi connectivity index (χ3n) is 3.27. The maximum absolute atomic E-state index is 12.1. The number of H-pyrrole nitrogens is 1. The zero-order valence-electron chi connectivity index (χ0n) is 13.6. The normalized spacial score (nSPS) is 11.5. The molecule has 10 nitrogen and oxygen atoms in total. The van der Waals surface area contributed by atoms with Crippen LogP contribution < -0.4 is 0 Å². The highest BCUT2D eigenvalue weighted by Crippen LogP contribution is 2.39. The van der Waals surface area contributed by atoms with Gasteiger partial charge in [0.2, 0.25) is 0 Å². The van der Waals surface area contributed by atoms with E-state index in [4.69, 9.17) is 14.5 Å². The van der Waals surface area contributed by atoms with Gasteiger partial charge >= 0.3 is 13.6 Å². The number of ether oxygens (including phenoxy) is 1. The Kier molecular flexibility index (Phi) is 5.55. The minimum atomic E-state index is -4.93. The lowest BCUT2D eigenvalue weighted by atomic mass is 10.2. The first-order valence-electron chi connectivity index (χ1n) is 7.14. The molecule has 0 amide bonds. The topological polar surface area (TPSA) is 160 Å². The predicted molar refractivity (Wildman–Crippen MR) is 94.5 cm³/mol. The van der Waals surface area contributed by atoms with E-state index in [2.05, 4.69) is 18.1 Å². The number of carbonyl (C=O) groups is 2. The molecule has 0 aliphatic heterocycles. The number of nitro groups is 1. The van der Waals surface area contributed by atoms with E-state index >= 15 is 0 Å². The van der Waals surface area contributed by atoms with Crippen LogP contribution in [0.3, 0.4) is 0 Å². The van der Waals surface area contributed by atoms with Gasteiger partial charge in [-0.2, -0.15) is 0 Å². The molecule has 27 heavy (non-hydrogen) atoms. The van der Waals surface area contributed by atoms with Gasteiger partial charge in [0, 0.05) is 22.5 Å². The number of benzene rings is 1. The average molecular weight is 392 g/mol. The van der Waals surface area contributed by atoms with Crippen LogP contribution in [-0.2, 0) is 9.30 Å². The molecule has 2 aromatic rings. The summed E-state index contributed by atoms with van der Waals surface area (Å²) >= 11 is 0. The van der Waals surface area contributed by atoms with E-state index < -0.39 is 29.7 Å². The molecule has 0 saturated carbocycles. The Morgan fingerprint density at radius 2 is 1.89 bits per heavy atom. The van der Waals surface area contributed by atoms with Crippen molar-refractivity contribution in [1.82, 2.24) is 4.98 Å². The van der Waals surface area contributed by atoms with Gasteiger partial charge in [0.05, 0.1) is 4.92 Å². The van der Waals surface area contributed by atoms with Crippen molar-refractivity contribution in [2.75, 3.05) is 0 Å². The Morgan fingerprint density at radius 3 is 2.48 bits per heavy atom. The number of allylic oxidation sites excluding steroid dienone is 2. The molecule has 11 heteroatoms. The fraction of sp³-hybridized carbons (Fsp3) is 0. The third kappa shape index (κ3) is 4.85. The lowest BCUT2D eigenvalue weighted by molar-refractivity contribution is -0.418. The molecule has 0 spiro atoms. The first-order chi connectivity index (χ1) is 12.5. The summed E-state index contributed by atoms with van der Waals surface area (Å²) in [6.45, 7) is 6.61. The van der Waals surface area contributed by atoms with E-state index in [1.54, 1.807) is 0 Å². The number of carbonyl (C=O) groups excluding carboxylic acids is 2. The van der Waals surface area contributed by atoms with Crippen LogP contribution in [-0.4, -0.2) is 31.2 Å². The Morgan fingerprint density at radius 1 is 1.22 bits per heavy atom. The fourth-order valence-corrected chi connectivity index (χ4v) is 2.48. The van der Waals surface area contributed by atoms with Crippen LogP contribution in [0.4, 0.5) is 0 Å². The molecule has 0 radical (unpaired) electrons. The summed E-state index contributed by atoms with van der Waals surface area (Å²) in [5.74, 6) is -1.02. The van der Waals surface area contributed by atoms with E-state index in [0.717, 1.165) is 12.2 Å². The number of aromatic amines is 1. The lowest BCUT2D eigenvalue weighted by Gasteiger charge is -2.02. The molecular weight excluding hydrogens is 379 g/mol. The molecular formula is C16H13N2O8P. The molecule has 3 N–H and O–H groups in total. The van der Waals surface area contributed by atoms with Gasteiger partial charge in [-0.25, -0.2) is 4.79 Å². The molecule has 0 aliphatic carbocycles. The summed E-state index contributed by atoms with van der Waals surface area (Å²) in [5, 5.41) is 10.8. The van der Waals surface area contributed by atoms with Crippen LogP contribution in [0, 0.1) is 10.1 Å². The molecule has 0 atom stereocenters. The number of fused-ring (bicyclic) bond motifs is 1. The minimum Gasteiger partial charge on any atom is -0.423 e. The number of esters is 1. The van der Waals surface area contributed by atoms with Gasteiger partial charge in [-0.3, -0.25) is 19.5 Å². The van der Waals surface area contributed by atoms with Gasteiger partial charge in [-0.15, -0.1) is 0 Å². The van der Waals surface area contributed by atoms with Crippen LogP contribution in [0.5, 0.6) is 0 Å². The molecule has 0 saturated heterocycles. The molecule has 1 aromatic carbocycles. The van der Waals surface area contributed by atoms with E-state index in [0.29, 0.717) is 10.9 Å². The second kappa shape index (κ2) is 7.50. The maximum atomic E-state index is 12.1. The molecule has 0 aliphatic rings. The lowest BCUT2D eigenvalue weighted by Crippen LogP contribution is -2.04. The third-order valence-corrected chi connectivity index (χ3v) is 4.06. The number of nitrogens with one attached hydrogen (secondary N) is 1. The zero-order valence-corrected chi connectivity index (χ0v) is 14.5. The van der Waals surface area contributed by atoms with Gasteiger partial charge < -0.3 is 19.5 Å². The number of hydrogen-bond donors (Lipinski definition) is 3. The summed E-state index contributed by atoms with van der Waals surface area (Å²) < 4.78 is 16.0. The van der Waals surface area contributed by atoms with Gasteiger partial charge in [0.1, 0.15) is 11.5 Å². The number of aromatic nitrogens is 1. The number of rotatable bonds is 7. The van der Waals surface area contributed by atoms with E-state index in [1.165, 1.54) is 24.3 Å². The smallest absolute Gasteiger partial charge is 0.396 e. The van der Waals surface area contributed by atoms with Crippen molar-refractivity contribution in [3.8, 4) is 0 Å². The van der Waals surface area contributed by atoms with Crippen LogP contribution in [0.1, 0.15) is 20.8 Å². The van der Waals surface area contributed by atoms with Crippen molar-refractivity contribution in [1.29, 1.82) is 0 Å². The zero-order chi connectivity index (χ0) is 20.4. The Hall–Kier alpha value is -3.33. The fourth-order valence-electron chi connectivity index (χ4n) is 2.00. The SMILES string of the molecule is C=C(/C=C\C(=C)[N+](=O)[O-])OC(=O)c1cc2cc(C(=O)P(=O)(O)O)ccc2[nH]1. The van der Waals surface area contributed by atoms with Crippen LogP contribution in [0.2, 0.25) is 0 Å². The van der Waals surface area contributed by atoms with Gasteiger partial charge in [0.25, 0.3) is 11.2 Å². The van der Waals surface area contributed by atoms with Crippen LogP contribution in [0.15, 0.2) is 61.0 Å². The van der Waals surface area contributed by atoms with Crippen molar-refractivity contribution in [3.63, 3.8) is 0 Å². The van der Waals surface area contributed by atoms with Crippen molar-refractivity contribution in [2.24, 2.45) is 0 Å². The molecule has 1 heterocycles. The summed E-state index contributed by atoms with van der Waals surface area (Å²) in [4.78, 5) is 54.0. The maximum Gasteiger partial charge on any atom is 0.396 e. The molecule has 2 rings (SSSR count). The monoisotopic (exact) mass is 392 g/mol. The number of hydrogen-bond acceptors (Lipinski definition) is 6. The van der Waals surface area contributed by atoms with E-state index in [1.807, 2.05) is 0 Å². The minimum absolute atomic E-state index is 0.0200. The van der Waals surface area contributed by atoms with Crippen molar-refractivity contribution in [3.05, 3.63) is 82.4 Å². The molecule has 0 bridgehead atoms. The highest BCUT2D eigenvalue weighted by molar-refractivity contribution is 7.70. The molecule has 0 unspecified atom stereocenters. The highest BCUT2D eigenvalue weighted by atomic mass is 31.2. The first-order valence-corrected chi connectivity index (χ1v) is 8.76. The Balaban J connectivity index is 2.19. The van der Waals surface area contributed by atoms with Crippen molar-refractivity contribution >= 4 is 30.0 Å². The second-order valence-corrected chi connectivity index (χ2v) is 6.77. The molecule has 1 aromatic heterocycles. The average Bonchev–Trinajstić information content (AvgIpc) is 3.01. The van der Waals surface area contributed by atoms with Gasteiger partial charge in [0.15, 0.2) is 0 Å². The van der Waals surface area contributed by atoms with E-state index in [9.17, 15) is 24.3 Å². The molecule has 0 fully saturated rings. The number of nitrogens with zero attached hydrogens (tertiary/aromatic N) is 1. The standard InChI is InChI=1S/C16H13N2O8P/c1-9(18(21)22)3-4-10(2)26-15(19)14-8-12-7-11(5-6-13(12)17-14)16(20)27(23,24)25/h3-8,17H,1-2H2,(H2,23,24,25)/b4-3-. The van der Waals surface area contributed by atoms with Crippen molar-refractivity contribution < 1.29 is 33.6 Å². The van der Waals surface area contributed by atoms with Crippen LogP contribution >= 0.6 is 7.60 Å². The second-order valence-electron chi connectivity index (χ2n) is 5.27. The summed E-state index contributed by atoms with van der Waals surface area (Å²) in [7, 11) is -4.93. The van der Waals surface area contributed by atoms with Gasteiger partial charge in [-0.1, -0.05) is 6.58 Å². The first kappa shape index (κ1) is 20.0. The summed E-state index contributed by atoms with van der Waals surface area (Å²) in [5.41, 5.74) is -1.56. The Labute approximate surface area is 151 Å². The Bertz CT molecular complexity index is 1060. The van der Waals surface area contributed by atoms with Crippen LogP contribution in [0.25, 0.3) is 10.9 Å². The summed E-state index contributed by atoms with van der Waals surface area (Å²) in [6.07, 6.45) is 2.11. The van der Waals surface area contributed by atoms with Gasteiger partial charge in [-0.05, 0) is 36.9 Å². The predicted octanol–water partition coefficient (Wildman–Crippen LogP) is 2.50. The van der Waals surface area contributed by atoms with E-state index in [-0.39, 0.29) is 17.0 Å². The summed E-state index contributed by atoms with van der Waals surface area (Å²) in [6, 6.07) is 5.13. The van der Waals surface area contributed by atoms with Crippen molar-refractivity contribution in [2.45, 2.75) is 0 Å². The molecule has 140 valence electrons.